The van der Waals surface area contributed by atoms with Gasteiger partial charge in [0, 0.05) is 20.0 Å². The van der Waals surface area contributed by atoms with Crippen LogP contribution in [0.25, 0.3) is 0 Å². The smallest absolute Gasteiger partial charge is 0.223 e. The minimum atomic E-state index is -3.41. The van der Waals surface area contributed by atoms with E-state index in [0.717, 1.165) is 12.8 Å². The van der Waals surface area contributed by atoms with Crippen molar-refractivity contribution in [2.45, 2.75) is 30.3 Å². The quantitative estimate of drug-likeness (QED) is 0.853. The minimum Gasteiger partial charge on any atom is -0.393 e. The Balaban J connectivity index is 1.83. The zero-order valence-electron chi connectivity index (χ0n) is 12.1. The lowest BCUT2D eigenvalue weighted by molar-refractivity contribution is -0.131. The highest BCUT2D eigenvalue weighted by molar-refractivity contribution is 7.91. The summed E-state index contributed by atoms with van der Waals surface area (Å²) in [5, 5.41) is 9.22. The molecule has 116 valence electrons. The number of amides is 1. The summed E-state index contributed by atoms with van der Waals surface area (Å²) in [5.41, 5.74) is 0. The van der Waals surface area contributed by atoms with Gasteiger partial charge in [0.05, 0.1) is 16.8 Å². The lowest BCUT2D eigenvalue weighted by atomic mass is 9.82. The first-order valence-electron chi connectivity index (χ1n) is 7.08. The highest BCUT2D eigenvalue weighted by atomic mass is 32.2. The van der Waals surface area contributed by atoms with E-state index in [1.807, 2.05) is 0 Å². The van der Waals surface area contributed by atoms with Crippen molar-refractivity contribution in [3.8, 4) is 0 Å². The number of rotatable bonds is 6. The van der Waals surface area contributed by atoms with Crippen LogP contribution in [0.5, 0.6) is 0 Å². The molecule has 0 atom stereocenters. The Labute approximate surface area is 125 Å². The Morgan fingerprint density at radius 1 is 1.29 bits per heavy atom. The molecule has 21 heavy (non-hydrogen) atoms. The molecule has 1 saturated carbocycles. The van der Waals surface area contributed by atoms with Crippen LogP contribution in [0.1, 0.15) is 19.3 Å². The van der Waals surface area contributed by atoms with E-state index in [-0.39, 0.29) is 29.1 Å². The van der Waals surface area contributed by atoms with E-state index in [2.05, 4.69) is 0 Å². The maximum atomic E-state index is 12.1. The first-order valence-corrected chi connectivity index (χ1v) is 8.73. The minimum absolute atomic E-state index is 0.0109. The van der Waals surface area contributed by atoms with Gasteiger partial charge in [-0.3, -0.25) is 4.79 Å². The molecular formula is C15H21NO4S. The van der Waals surface area contributed by atoms with Crippen molar-refractivity contribution in [1.82, 2.24) is 4.90 Å². The first kappa shape index (κ1) is 16.0. The molecule has 0 aromatic heterocycles. The van der Waals surface area contributed by atoms with Crippen LogP contribution >= 0.6 is 0 Å². The van der Waals surface area contributed by atoms with Gasteiger partial charge in [-0.15, -0.1) is 0 Å². The van der Waals surface area contributed by atoms with Crippen molar-refractivity contribution in [2.75, 3.05) is 19.3 Å². The van der Waals surface area contributed by atoms with Gasteiger partial charge < -0.3 is 10.0 Å². The van der Waals surface area contributed by atoms with Crippen LogP contribution in [0, 0.1) is 5.92 Å². The van der Waals surface area contributed by atoms with Crippen LogP contribution in [0.3, 0.4) is 0 Å². The Kier molecular flexibility index (Phi) is 5.00. The summed E-state index contributed by atoms with van der Waals surface area (Å²) in [6, 6.07) is 8.18. The van der Waals surface area contributed by atoms with Crippen LogP contribution in [0.15, 0.2) is 35.2 Å². The second-order valence-electron chi connectivity index (χ2n) is 5.65. The zero-order chi connectivity index (χ0) is 15.5. The number of benzene rings is 1. The van der Waals surface area contributed by atoms with Gasteiger partial charge in [0.25, 0.3) is 0 Å². The molecule has 1 aromatic carbocycles. The molecule has 5 nitrogen and oxygen atoms in total. The highest BCUT2D eigenvalue weighted by Gasteiger charge is 2.29. The van der Waals surface area contributed by atoms with Crippen LogP contribution < -0.4 is 0 Å². The third kappa shape index (κ3) is 4.28. The normalized spacial score (nSPS) is 21.6. The van der Waals surface area contributed by atoms with E-state index in [9.17, 15) is 18.3 Å². The average Bonchev–Trinajstić information content (AvgIpc) is 2.44. The summed E-state index contributed by atoms with van der Waals surface area (Å²) in [6.07, 6.45) is 1.19. The molecule has 1 amide bonds. The van der Waals surface area contributed by atoms with Gasteiger partial charge in [-0.2, -0.15) is 0 Å². The van der Waals surface area contributed by atoms with Gasteiger partial charge in [-0.1, -0.05) is 18.2 Å². The fourth-order valence-corrected chi connectivity index (χ4v) is 3.75. The number of sulfone groups is 1. The average molecular weight is 311 g/mol. The van der Waals surface area contributed by atoms with Crippen LogP contribution in [-0.2, 0) is 14.6 Å². The van der Waals surface area contributed by atoms with E-state index >= 15 is 0 Å². The number of nitrogens with zero attached hydrogens (tertiary/aromatic N) is 1. The molecule has 1 aliphatic carbocycles. The molecular weight excluding hydrogens is 290 g/mol. The number of carbonyl (C=O) groups excluding carboxylic acids is 1. The molecule has 0 spiro atoms. The van der Waals surface area contributed by atoms with Gasteiger partial charge in [0.15, 0.2) is 9.84 Å². The van der Waals surface area contributed by atoms with E-state index in [1.54, 1.807) is 42.3 Å². The van der Waals surface area contributed by atoms with Gasteiger partial charge in [0.1, 0.15) is 0 Å². The van der Waals surface area contributed by atoms with Crippen molar-refractivity contribution in [3.63, 3.8) is 0 Å². The van der Waals surface area contributed by atoms with Crippen molar-refractivity contribution in [1.29, 1.82) is 0 Å². The maximum absolute atomic E-state index is 12.1. The molecule has 0 aliphatic heterocycles. The number of hydrogen-bond donors (Lipinski definition) is 1. The van der Waals surface area contributed by atoms with E-state index in [4.69, 9.17) is 0 Å². The molecule has 6 heteroatoms. The summed E-state index contributed by atoms with van der Waals surface area (Å²) in [5.74, 6) is -0.0106. The second kappa shape index (κ2) is 6.58. The number of hydrogen-bond acceptors (Lipinski definition) is 4. The lowest BCUT2D eigenvalue weighted by Crippen LogP contribution is -2.39. The molecule has 1 aromatic rings. The second-order valence-corrected chi connectivity index (χ2v) is 7.76. The van der Waals surface area contributed by atoms with E-state index < -0.39 is 9.84 Å². The Morgan fingerprint density at radius 2 is 1.90 bits per heavy atom. The summed E-state index contributed by atoms with van der Waals surface area (Å²) < 4.78 is 24.2. The van der Waals surface area contributed by atoms with Crippen molar-refractivity contribution in [3.05, 3.63) is 30.3 Å². The Morgan fingerprint density at radius 3 is 2.48 bits per heavy atom. The predicted molar refractivity (Wildman–Crippen MR) is 79.5 cm³/mol. The summed E-state index contributed by atoms with van der Waals surface area (Å²) >= 11 is 0. The van der Waals surface area contributed by atoms with E-state index in [0.29, 0.717) is 12.5 Å². The fraction of sp³-hybridized carbons (Fsp3) is 0.533. The molecule has 0 unspecified atom stereocenters. The molecule has 0 radical (unpaired) electrons. The number of aliphatic hydroxyl groups excluding tert-OH is 1. The highest BCUT2D eigenvalue weighted by Crippen LogP contribution is 2.27. The SMILES string of the molecule is CN(CC1CC(O)C1)C(=O)CCS(=O)(=O)c1ccccc1. The molecule has 0 heterocycles. The predicted octanol–water partition coefficient (Wildman–Crippen LogP) is 1.08. The number of aliphatic hydroxyl groups is 1. The molecule has 1 aliphatic rings. The molecule has 2 rings (SSSR count). The van der Waals surface area contributed by atoms with Crippen LogP contribution in [0.2, 0.25) is 0 Å². The molecule has 1 fully saturated rings. The first-order chi connectivity index (χ1) is 9.88. The fourth-order valence-electron chi connectivity index (χ4n) is 2.50. The van der Waals surface area contributed by atoms with Gasteiger partial charge in [-0.05, 0) is 30.9 Å². The third-order valence-corrected chi connectivity index (χ3v) is 5.59. The van der Waals surface area contributed by atoms with Crippen LogP contribution in [-0.4, -0.2) is 49.8 Å². The summed E-state index contributed by atoms with van der Waals surface area (Å²) in [7, 11) is -1.72. The number of carbonyl (C=O) groups is 1. The maximum Gasteiger partial charge on any atom is 0.223 e. The Bertz CT molecular complexity index is 579. The largest absolute Gasteiger partial charge is 0.393 e. The van der Waals surface area contributed by atoms with Gasteiger partial charge in [0.2, 0.25) is 5.91 Å². The van der Waals surface area contributed by atoms with E-state index in [1.165, 1.54) is 0 Å². The van der Waals surface area contributed by atoms with Crippen molar-refractivity contribution >= 4 is 15.7 Å². The standard InChI is InChI=1S/C15H21NO4S/c1-16(11-12-9-13(17)10-12)15(18)7-8-21(19,20)14-5-3-2-4-6-14/h2-6,12-13,17H,7-11H2,1H3. The molecule has 1 N–H and O–H groups in total. The Hall–Kier alpha value is -1.40. The molecule has 0 saturated heterocycles. The molecule has 0 bridgehead atoms. The summed E-state index contributed by atoms with van der Waals surface area (Å²) in [4.78, 5) is 13.8. The lowest BCUT2D eigenvalue weighted by Gasteiger charge is -2.34. The summed E-state index contributed by atoms with van der Waals surface area (Å²) in [6.45, 7) is 0.585. The van der Waals surface area contributed by atoms with Gasteiger partial charge >= 0.3 is 0 Å². The monoisotopic (exact) mass is 311 g/mol. The van der Waals surface area contributed by atoms with Crippen molar-refractivity contribution in [2.24, 2.45) is 5.92 Å². The van der Waals surface area contributed by atoms with Gasteiger partial charge in [-0.25, -0.2) is 8.42 Å². The third-order valence-electron chi connectivity index (χ3n) is 3.86. The zero-order valence-corrected chi connectivity index (χ0v) is 12.9. The van der Waals surface area contributed by atoms with Crippen LogP contribution in [0.4, 0.5) is 0 Å². The topological polar surface area (TPSA) is 74.7 Å². The van der Waals surface area contributed by atoms with Crippen molar-refractivity contribution < 1.29 is 18.3 Å².